The van der Waals surface area contributed by atoms with Gasteiger partial charge in [-0.2, -0.15) is 0 Å². The Kier molecular flexibility index (Phi) is 10.1. The number of hydrogen-bond donors (Lipinski definition) is 0. The fourth-order valence-electron chi connectivity index (χ4n) is 2.10. The summed E-state index contributed by atoms with van der Waals surface area (Å²) in [6.07, 6.45) is -1.15. The van der Waals surface area contributed by atoms with Crippen LogP contribution in [0.2, 0.25) is 0 Å². The van der Waals surface area contributed by atoms with Crippen molar-refractivity contribution in [3.63, 3.8) is 0 Å². The van der Waals surface area contributed by atoms with Crippen molar-refractivity contribution in [1.29, 1.82) is 0 Å². The molecule has 11 heteroatoms. The first-order valence-electron chi connectivity index (χ1n) is 9.60. The third kappa shape index (κ3) is 12.4. The summed E-state index contributed by atoms with van der Waals surface area (Å²) in [4.78, 5) is 54.3. The average Bonchev–Trinajstić information content (AvgIpc) is 2.53. The molecule has 0 aromatic heterocycles. The molecular formula is C21H34O11. The van der Waals surface area contributed by atoms with Crippen molar-refractivity contribution in [2.75, 3.05) is 0 Å². The fraction of sp³-hybridized carbons (Fsp3) is 0.667. The second-order valence-corrected chi connectivity index (χ2v) is 8.73. The van der Waals surface area contributed by atoms with E-state index in [0.717, 1.165) is 0 Å². The highest BCUT2D eigenvalue weighted by molar-refractivity contribution is 5.86. The number of ether oxygens (including phenoxy) is 4. The third-order valence-electron chi connectivity index (χ3n) is 2.97. The summed E-state index contributed by atoms with van der Waals surface area (Å²) in [6.45, 7) is 21.2. The Labute approximate surface area is 188 Å². The summed E-state index contributed by atoms with van der Waals surface area (Å²) in [5.41, 5.74) is 0.256. The third-order valence-corrected chi connectivity index (χ3v) is 2.97. The maximum Gasteiger partial charge on any atom is 0.513 e. The minimum Gasteiger partial charge on any atom is -0.402 e. The number of carbonyl (C=O) groups excluding carboxylic acids is 3. The first kappa shape index (κ1) is 29.5. The van der Waals surface area contributed by atoms with Crippen molar-refractivity contribution in [3.8, 4) is 0 Å². The van der Waals surface area contributed by atoms with E-state index in [0.29, 0.717) is 0 Å². The molecule has 32 heavy (non-hydrogen) atoms. The molecule has 0 unspecified atom stereocenters. The molecule has 11 nitrogen and oxygen atoms in total. The van der Waals surface area contributed by atoms with Crippen LogP contribution in [0.3, 0.4) is 0 Å². The first-order chi connectivity index (χ1) is 14.2. The molecule has 0 heterocycles. The van der Waals surface area contributed by atoms with Gasteiger partial charge in [0.05, 0.1) is 0 Å². The van der Waals surface area contributed by atoms with E-state index in [1.165, 1.54) is 69.2 Å². The zero-order chi connectivity index (χ0) is 25.5. The van der Waals surface area contributed by atoms with Crippen LogP contribution in [0.25, 0.3) is 0 Å². The van der Waals surface area contributed by atoms with Gasteiger partial charge in [-0.3, -0.25) is 9.78 Å². The Hall–Kier alpha value is -2.47. The van der Waals surface area contributed by atoms with E-state index in [2.05, 4.69) is 22.9 Å². The molecule has 0 N–H and O–H groups in total. The van der Waals surface area contributed by atoms with Crippen molar-refractivity contribution < 1.29 is 52.9 Å². The highest BCUT2D eigenvalue weighted by Gasteiger charge is 2.39. The van der Waals surface area contributed by atoms with Crippen LogP contribution in [-0.2, 0) is 48.1 Å². The van der Waals surface area contributed by atoms with Crippen molar-refractivity contribution in [2.45, 2.75) is 92.4 Å². The van der Waals surface area contributed by atoms with Crippen molar-refractivity contribution >= 4 is 18.1 Å². The molecule has 0 aliphatic carbocycles. The molecule has 0 bridgehead atoms. The van der Waals surface area contributed by atoms with E-state index in [1.54, 1.807) is 0 Å². The lowest BCUT2D eigenvalue weighted by molar-refractivity contribution is -0.434. The number of carbonyl (C=O) groups is 3. The predicted octanol–water partition coefficient (Wildman–Crippen LogP) is 4.22. The second-order valence-electron chi connectivity index (χ2n) is 8.73. The summed E-state index contributed by atoms with van der Waals surface area (Å²) in [5, 5.41) is 0. The Morgan fingerprint density at radius 1 is 0.562 bits per heavy atom. The van der Waals surface area contributed by atoms with Gasteiger partial charge < -0.3 is 18.9 Å². The zero-order valence-corrected chi connectivity index (χ0v) is 20.4. The van der Waals surface area contributed by atoms with Gasteiger partial charge in [0, 0.05) is 38.8 Å². The van der Waals surface area contributed by atoms with Gasteiger partial charge in [-0.1, -0.05) is 13.2 Å². The van der Waals surface area contributed by atoms with Crippen LogP contribution in [0.5, 0.6) is 0 Å². The van der Waals surface area contributed by atoms with Crippen LogP contribution in [0.1, 0.15) is 69.2 Å². The van der Waals surface area contributed by atoms with Crippen molar-refractivity contribution in [2.24, 2.45) is 0 Å². The summed E-state index contributed by atoms with van der Waals surface area (Å²) >= 11 is 0. The molecule has 0 saturated carbocycles. The molecule has 184 valence electrons. The lowest BCUT2D eigenvalue weighted by Crippen LogP contribution is -2.45. The summed E-state index contributed by atoms with van der Waals surface area (Å²) in [5.74, 6) is -7.65. The zero-order valence-electron chi connectivity index (χ0n) is 20.4. The molecule has 0 spiro atoms. The Bertz CT molecular complexity index is 672. The maximum absolute atomic E-state index is 12.3. The van der Waals surface area contributed by atoms with Gasteiger partial charge in [-0.25, -0.2) is 14.4 Å². The van der Waals surface area contributed by atoms with Gasteiger partial charge in [0.2, 0.25) is 23.1 Å². The van der Waals surface area contributed by atoms with Crippen LogP contribution in [-0.4, -0.2) is 41.2 Å². The van der Waals surface area contributed by atoms with Gasteiger partial charge in [0.25, 0.3) is 0 Å². The van der Waals surface area contributed by atoms with E-state index < -0.39 is 41.2 Å². The van der Waals surface area contributed by atoms with E-state index in [4.69, 9.17) is 28.7 Å². The summed E-state index contributed by atoms with van der Waals surface area (Å²) in [7, 11) is 0. The molecule has 0 rings (SSSR count). The van der Waals surface area contributed by atoms with Gasteiger partial charge in [-0.05, 0) is 41.5 Å². The van der Waals surface area contributed by atoms with Gasteiger partial charge >= 0.3 is 18.1 Å². The van der Waals surface area contributed by atoms with Crippen molar-refractivity contribution in [1.82, 2.24) is 0 Å². The van der Waals surface area contributed by atoms with E-state index in [-0.39, 0.29) is 11.1 Å². The molecule has 0 aliphatic heterocycles. The Balaban J connectivity index is 4.87. The Morgan fingerprint density at radius 3 is 1.09 bits per heavy atom. The van der Waals surface area contributed by atoms with Crippen LogP contribution < -0.4 is 0 Å². The van der Waals surface area contributed by atoms with Gasteiger partial charge in [0.15, 0.2) is 0 Å². The highest BCUT2D eigenvalue weighted by Crippen LogP contribution is 2.27. The summed E-state index contributed by atoms with van der Waals surface area (Å²) < 4.78 is 21.4. The topological polar surface area (TPSA) is 125 Å². The standard InChI is InChI=1S/C21H34O11/c1-13(2)15(22)27-31-20(9,10)29-18(5,6)25-17(24)26-19(7,8)30-21(11,12)32-28-16(23)14(3)4/h1,3H2,2,4-12H3. The average molecular weight is 462 g/mol. The molecule has 0 fully saturated rings. The lowest BCUT2D eigenvalue weighted by atomic mass is 10.3. The second kappa shape index (κ2) is 10.9. The molecule has 0 aliphatic rings. The quantitative estimate of drug-likeness (QED) is 0.136. The van der Waals surface area contributed by atoms with Crippen LogP contribution in [0, 0.1) is 0 Å². The van der Waals surface area contributed by atoms with E-state index in [9.17, 15) is 14.4 Å². The number of rotatable bonds is 12. The molecule has 0 aromatic carbocycles. The predicted molar refractivity (Wildman–Crippen MR) is 110 cm³/mol. The minimum absolute atomic E-state index is 0.128. The molecule has 0 aromatic rings. The van der Waals surface area contributed by atoms with Gasteiger partial charge in [0.1, 0.15) is 0 Å². The number of hydrogen-bond acceptors (Lipinski definition) is 11. The molecule has 0 radical (unpaired) electrons. The smallest absolute Gasteiger partial charge is 0.402 e. The van der Waals surface area contributed by atoms with Crippen LogP contribution >= 0.6 is 0 Å². The first-order valence-corrected chi connectivity index (χ1v) is 9.60. The van der Waals surface area contributed by atoms with Crippen LogP contribution in [0.15, 0.2) is 24.3 Å². The highest BCUT2D eigenvalue weighted by atomic mass is 17.2. The molecule has 0 atom stereocenters. The van der Waals surface area contributed by atoms with Gasteiger partial charge in [-0.15, -0.1) is 9.78 Å². The SMILES string of the molecule is C=C(C)C(=O)OOC(C)(C)OC(C)(C)OC(=O)OC(C)(C)OC(C)(C)OOC(=O)C(=C)C. The normalized spacial score (nSPS) is 12.6. The molecular weight excluding hydrogens is 428 g/mol. The minimum atomic E-state index is -1.56. The molecule has 0 saturated heterocycles. The lowest BCUT2D eigenvalue weighted by Gasteiger charge is -2.36. The van der Waals surface area contributed by atoms with E-state index in [1.807, 2.05) is 0 Å². The fourth-order valence-corrected chi connectivity index (χ4v) is 2.10. The largest absolute Gasteiger partial charge is 0.513 e. The maximum atomic E-state index is 12.3. The molecule has 0 amide bonds. The summed E-state index contributed by atoms with van der Waals surface area (Å²) in [6, 6.07) is 0. The van der Waals surface area contributed by atoms with Crippen LogP contribution in [0.4, 0.5) is 4.79 Å². The monoisotopic (exact) mass is 462 g/mol. The van der Waals surface area contributed by atoms with E-state index >= 15 is 0 Å². The Morgan fingerprint density at radius 2 is 0.844 bits per heavy atom. The van der Waals surface area contributed by atoms with Crippen molar-refractivity contribution in [3.05, 3.63) is 24.3 Å².